The van der Waals surface area contributed by atoms with Crippen molar-refractivity contribution in [2.45, 2.75) is 6.42 Å². The molecule has 2 aromatic heterocycles. The molecular formula is C27H21N3O. The second-order valence-corrected chi connectivity index (χ2v) is 7.48. The highest BCUT2D eigenvalue weighted by atomic mass is 16.1. The van der Waals surface area contributed by atoms with Crippen LogP contribution in [0.2, 0.25) is 0 Å². The highest BCUT2D eigenvalue weighted by Gasteiger charge is 2.10. The highest BCUT2D eigenvalue weighted by Crippen LogP contribution is 2.31. The van der Waals surface area contributed by atoms with Gasteiger partial charge in [-0.1, -0.05) is 72.8 Å². The lowest BCUT2D eigenvalue weighted by Gasteiger charge is -2.07. The monoisotopic (exact) mass is 403 g/mol. The van der Waals surface area contributed by atoms with Crippen LogP contribution in [0.25, 0.3) is 33.3 Å². The van der Waals surface area contributed by atoms with E-state index in [2.05, 4.69) is 33.5 Å². The van der Waals surface area contributed by atoms with Crippen LogP contribution in [0.4, 0.5) is 5.69 Å². The van der Waals surface area contributed by atoms with Crippen molar-refractivity contribution in [2.75, 3.05) is 5.32 Å². The Hall–Kier alpha value is -4.18. The second-order valence-electron chi connectivity index (χ2n) is 7.48. The minimum atomic E-state index is -0.0252. The smallest absolute Gasteiger partial charge is 0.228 e. The Morgan fingerprint density at radius 1 is 0.806 bits per heavy atom. The van der Waals surface area contributed by atoms with Crippen molar-refractivity contribution in [3.63, 3.8) is 0 Å². The predicted octanol–water partition coefficient (Wildman–Crippen LogP) is 6.08. The van der Waals surface area contributed by atoms with Crippen molar-refractivity contribution >= 4 is 22.6 Å². The van der Waals surface area contributed by atoms with E-state index in [9.17, 15) is 4.79 Å². The molecule has 0 saturated carbocycles. The van der Waals surface area contributed by atoms with E-state index in [0.717, 1.165) is 44.5 Å². The first-order valence-electron chi connectivity index (χ1n) is 10.2. The van der Waals surface area contributed by atoms with Crippen molar-refractivity contribution < 1.29 is 4.79 Å². The SMILES string of the molecule is O=C(Cc1ccccc1)Nc1ccc(-c2c[nH]c3ncc(-c4ccccc4)cc23)cc1. The number of amides is 1. The Morgan fingerprint density at radius 2 is 1.52 bits per heavy atom. The molecule has 0 unspecified atom stereocenters. The third-order valence-electron chi connectivity index (χ3n) is 5.33. The zero-order valence-corrected chi connectivity index (χ0v) is 16.9. The Morgan fingerprint density at radius 3 is 2.26 bits per heavy atom. The molecule has 4 nitrogen and oxygen atoms in total. The average molecular weight is 403 g/mol. The van der Waals surface area contributed by atoms with E-state index in [-0.39, 0.29) is 5.91 Å². The molecule has 0 aliphatic carbocycles. The summed E-state index contributed by atoms with van der Waals surface area (Å²) in [6.07, 6.45) is 4.23. The van der Waals surface area contributed by atoms with Gasteiger partial charge in [-0.3, -0.25) is 4.79 Å². The van der Waals surface area contributed by atoms with Gasteiger partial charge in [-0.05, 0) is 34.9 Å². The van der Waals surface area contributed by atoms with Crippen LogP contribution in [0.15, 0.2) is 103 Å². The Balaban J connectivity index is 1.37. The van der Waals surface area contributed by atoms with E-state index in [1.807, 2.05) is 85.2 Å². The van der Waals surface area contributed by atoms with Gasteiger partial charge in [0, 0.05) is 34.6 Å². The fraction of sp³-hybridized carbons (Fsp3) is 0.0370. The zero-order valence-electron chi connectivity index (χ0n) is 16.9. The lowest BCUT2D eigenvalue weighted by molar-refractivity contribution is -0.115. The van der Waals surface area contributed by atoms with E-state index >= 15 is 0 Å². The first-order valence-corrected chi connectivity index (χ1v) is 10.2. The number of pyridine rings is 1. The highest BCUT2D eigenvalue weighted by molar-refractivity contribution is 5.97. The molecule has 0 aliphatic heterocycles. The molecule has 4 heteroatoms. The zero-order chi connectivity index (χ0) is 21.0. The second kappa shape index (κ2) is 8.28. The molecule has 0 atom stereocenters. The number of aromatic amines is 1. The number of hydrogen-bond acceptors (Lipinski definition) is 2. The first kappa shape index (κ1) is 18.8. The number of hydrogen-bond donors (Lipinski definition) is 2. The number of carbonyl (C=O) groups is 1. The normalized spacial score (nSPS) is 10.8. The van der Waals surface area contributed by atoms with Crippen LogP contribution >= 0.6 is 0 Å². The largest absolute Gasteiger partial charge is 0.346 e. The summed E-state index contributed by atoms with van der Waals surface area (Å²) in [5, 5.41) is 4.04. The summed E-state index contributed by atoms with van der Waals surface area (Å²) in [5.41, 5.74) is 7.01. The molecule has 1 amide bonds. The van der Waals surface area contributed by atoms with Crippen LogP contribution in [0.5, 0.6) is 0 Å². The van der Waals surface area contributed by atoms with Gasteiger partial charge >= 0.3 is 0 Å². The van der Waals surface area contributed by atoms with Crippen LogP contribution < -0.4 is 5.32 Å². The molecule has 0 saturated heterocycles. The van der Waals surface area contributed by atoms with E-state index in [1.165, 1.54) is 0 Å². The van der Waals surface area contributed by atoms with E-state index in [4.69, 9.17) is 0 Å². The van der Waals surface area contributed by atoms with Crippen LogP contribution in [0, 0.1) is 0 Å². The molecule has 3 aromatic carbocycles. The van der Waals surface area contributed by atoms with Crippen molar-refractivity contribution in [3.05, 3.63) is 109 Å². The maximum atomic E-state index is 12.3. The molecule has 31 heavy (non-hydrogen) atoms. The molecule has 150 valence electrons. The van der Waals surface area contributed by atoms with Gasteiger partial charge in [-0.15, -0.1) is 0 Å². The third kappa shape index (κ3) is 4.09. The van der Waals surface area contributed by atoms with Gasteiger partial charge < -0.3 is 10.3 Å². The predicted molar refractivity (Wildman–Crippen MR) is 126 cm³/mol. The summed E-state index contributed by atoms with van der Waals surface area (Å²) in [4.78, 5) is 20.2. The topological polar surface area (TPSA) is 57.8 Å². The molecule has 0 radical (unpaired) electrons. The van der Waals surface area contributed by atoms with Crippen molar-refractivity contribution in [1.29, 1.82) is 0 Å². The van der Waals surface area contributed by atoms with Gasteiger partial charge in [0.05, 0.1) is 6.42 Å². The number of benzene rings is 3. The molecule has 5 aromatic rings. The number of anilines is 1. The van der Waals surface area contributed by atoms with Crippen molar-refractivity contribution in [1.82, 2.24) is 9.97 Å². The third-order valence-corrected chi connectivity index (χ3v) is 5.33. The molecule has 0 bridgehead atoms. The molecular weight excluding hydrogens is 382 g/mol. The van der Waals surface area contributed by atoms with Crippen LogP contribution in [0.1, 0.15) is 5.56 Å². The molecule has 5 rings (SSSR count). The number of nitrogens with zero attached hydrogens (tertiary/aromatic N) is 1. The molecule has 0 aliphatic rings. The standard InChI is InChI=1S/C27H21N3O/c31-26(15-19-7-3-1-4-8-19)30-23-13-11-21(12-14-23)25-18-29-27-24(25)16-22(17-28-27)20-9-5-2-6-10-20/h1-14,16-18H,15H2,(H,28,29)(H,30,31). The maximum Gasteiger partial charge on any atom is 0.228 e. The number of H-pyrrole nitrogens is 1. The summed E-state index contributed by atoms with van der Waals surface area (Å²) in [7, 11) is 0. The van der Waals surface area contributed by atoms with E-state index < -0.39 is 0 Å². The Labute approximate surface area is 180 Å². The summed E-state index contributed by atoms with van der Waals surface area (Å²) in [6, 6.07) is 30.1. The molecule has 0 fully saturated rings. The van der Waals surface area contributed by atoms with Gasteiger partial charge in [0.1, 0.15) is 5.65 Å². The fourth-order valence-corrected chi connectivity index (χ4v) is 3.75. The number of carbonyl (C=O) groups excluding carboxylic acids is 1. The minimum absolute atomic E-state index is 0.0252. The quantitative estimate of drug-likeness (QED) is 0.374. The number of fused-ring (bicyclic) bond motifs is 1. The molecule has 2 heterocycles. The lowest BCUT2D eigenvalue weighted by Crippen LogP contribution is -2.14. The molecule has 0 spiro atoms. The van der Waals surface area contributed by atoms with Crippen LogP contribution in [-0.4, -0.2) is 15.9 Å². The maximum absolute atomic E-state index is 12.3. The Kier molecular flexibility index (Phi) is 5.03. The summed E-state index contributed by atoms with van der Waals surface area (Å²) in [6.45, 7) is 0. The van der Waals surface area contributed by atoms with Crippen molar-refractivity contribution in [2.24, 2.45) is 0 Å². The first-order chi connectivity index (χ1) is 15.3. The van der Waals surface area contributed by atoms with Gasteiger partial charge in [0.25, 0.3) is 0 Å². The average Bonchev–Trinajstić information content (AvgIpc) is 3.24. The number of rotatable bonds is 5. The van der Waals surface area contributed by atoms with E-state index in [0.29, 0.717) is 6.42 Å². The van der Waals surface area contributed by atoms with Crippen LogP contribution in [0.3, 0.4) is 0 Å². The Bertz CT molecular complexity index is 1320. The lowest BCUT2D eigenvalue weighted by atomic mass is 10.0. The molecule has 2 N–H and O–H groups in total. The summed E-state index contributed by atoms with van der Waals surface area (Å²) >= 11 is 0. The van der Waals surface area contributed by atoms with Gasteiger partial charge in [-0.25, -0.2) is 4.98 Å². The minimum Gasteiger partial charge on any atom is -0.346 e. The fourth-order valence-electron chi connectivity index (χ4n) is 3.75. The van der Waals surface area contributed by atoms with Gasteiger partial charge in [0.2, 0.25) is 5.91 Å². The van der Waals surface area contributed by atoms with Gasteiger partial charge in [-0.2, -0.15) is 0 Å². The summed E-state index contributed by atoms with van der Waals surface area (Å²) in [5.74, 6) is -0.0252. The van der Waals surface area contributed by atoms with Gasteiger partial charge in [0.15, 0.2) is 0 Å². The number of nitrogens with one attached hydrogen (secondary N) is 2. The van der Waals surface area contributed by atoms with Crippen LogP contribution in [-0.2, 0) is 11.2 Å². The van der Waals surface area contributed by atoms with Crippen molar-refractivity contribution in [3.8, 4) is 22.3 Å². The van der Waals surface area contributed by atoms with E-state index in [1.54, 1.807) is 0 Å². The number of aromatic nitrogens is 2. The summed E-state index contributed by atoms with van der Waals surface area (Å²) < 4.78 is 0.